The minimum Gasteiger partial charge on any atom is -0.480 e. The highest BCUT2D eigenvalue weighted by molar-refractivity contribution is 5.82. The zero-order valence-electron chi connectivity index (χ0n) is 49.1. The fraction of sp³-hybridized carbons (Fsp3) is 0.667. The predicted octanol–water partition coefficient (Wildman–Crippen LogP) is 8.57. The molecule has 0 aromatic heterocycles. The molecule has 0 radical (unpaired) electrons. The fourth-order valence-corrected chi connectivity index (χ4v) is 6.50. The molecule has 0 aromatic rings. The standard InChI is InChI=1S/C28H46N4O12.C26H42N4O12.6CH4/c1-5-17-41-27(37)31-21(23(33)39-3)13-7-9-15-29-25(35)43-19-11-12-20-44-26(36)30-16-10-8-14-22(24(34)40-4)32-28(38)42-18-6-2;1-3-15-39-25(37)29-19(21(31)32)11-5-7-13-27-23(35)41-17-9-10-18-42-24(36)28-14-8-6-12-20(22(33)34)30-26(38)40-16-4-2;;;;;;/h5-6,21-22H,1-2,7-20H2,3-4H3,(H,29,35)(H,30,36)(H,31,37)(H,32,38);3-4,19-20H,1-2,5-18H2,(H,27,35)(H,28,36)(H,29,37)(H,30,38)(H,31,32)(H,33,34);6*1H4. The molecule has 536 valence electrons. The van der Waals surface area contributed by atoms with Crippen molar-refractivity contribution in [3.63, 3.8) is 0 Å². The summed E-state index contributed by atoms with van der Waals surface area (Å²) in [5.41, 5.74) is 0. The number of alkyl carbamates (subject to hydrolysis) is 8. The van der Waals surface area contributed by atoms with Crippen molar-refractivity contribution in [3.8, 4) is 0 Å². The second-order valence-electron chi connectivity index (χ2n) is 17.7. The Morgan fingerprint density at radius 2 is 0.522 bits per heavy atom. The third-order valence-corrected chi connectivity index (χ3v) is 10.8. The number of nitrogens with one attached hydrogen (secondary N) is 8. The van der Waals surface area contributed by atoms with Crippen LogP contribution in [-0.2, 0) is 66.5 Å². The highest BCUT2D eigenvalue weighted by Crippen LogP contribution is 2.07. The number of carboxylic acids is 2. The number of hydrogen-bond donors (Lipinski definition) is 10. The van der Waals surface area contributed by atoms with Gasteiger partial charge in [-0.25, -0.2) is 57.5 Å². The number of aliphatic carboxylic acids is 2. The van der Waals surface area contributed by atoms with Gasteiger partial charge in [0.25, 0.3) is 0 Å². The highest BCUT2D eigenvalue weighted by atomic mass is 16.6. The van der Waals surface area contributed by atoms with Gasteiger partial charge in [-0.3, -0.25) is 0 Å². The van der Waals surface area contributed by atoms with E-state index in [2.05, 4.69) is 78.3 Å². The molecule has 0 rings (SSSR count). The van der Waals surface area contributed by atoms with Crippen molar-refractivity contribution in [2.45, 2.75) is 171 Å². The van der Waals surface area contributed by atoms with Gasteiger partial charge >= 0.3 is 72.6 Å². The van der Waals surface area contributed by atoms with E-state index < -0.39 is 96.8 Å². The van der Waals surface area contributed by atoms with E-state index in [4.69, 9.17) is 48.1 Å². The molecule has 92 heavy (non-hydrogen) atoms. The Balaban J connectivity index is -0.000000240. The van der Waals surface area contributed by atoms with E-state index in [-0.39, 0.29) is 123 Å². The Morgan fingerprint density at radius 3 is 0.717 bits per heavy atom. The van der Waals surface area contributed by atoms with Gasteiger partial charge in [0, 0.05) is 26.2 Å². The summed E-state index contributed by atoms with van der Waals surface area (Å²) in [4.78, 5) is 139. The first-order valence-electron chi connectivity index (χ1n) is 27.7. The Labute approximate surface area is 544 Å². The van der Waals surface area contributed by atoms with Gasteiger partial charge in [-0.05, 0) is 103 Å². The van der Waals surface area contributed by atoms with Crippen LogP contribution in [0, 0.1) is 0 Å². The molecule has 0 spiro atoms. The van der Waals surface area contributed by atoms with Crippen LogP contribution in [0.2, 0.25) is 0 Å². The number of hydrogen-bond acceptors (Lipinski definition) is 22. The maximum Gasteiger partial charge on any atom is 0.408 e. The lowest BCUT2D eigenvalue weighted by Gasteiger charge is -2.16. The van der Waals surface area contributed by atoms with Crippen molar-refractivity contribution in [2.75, 3.05) is 93.3 Å². The van der Waals surface area contributed by atoms with E-state index in [0.717, 1.165) is 0 Å². The monoisotopic (exact) mass is 1330 g/mol. The van der Waals surface area contributed by atoms with Gasteiger partial charge in [-0.15, -0.1) is 0 Å². The van der Waals surface area contributed by atoms with Crippen molar-refractivity contribution >= 4 is 72.6 Å². The van der Waals surface area contributed by atoms with Gasteiger partial charge < -0.3 is 100 Å². The number of esters is 2. The average Bonchev–Trinajstić information content (AvgIpc) is 3.05. The van der Waals surface area contributed by atoms with E-state index in [9.17, 15) is 57.5 Å². The van der Waals surface area contributed by atoms with Gasteiger partial charge in [0.05, 0.1) is 40.6 Å². The molecule has 0 aliphatic carbocycles. The molecule has 0 aliphatic heterocycles. The molecule has 8 amide bonds. The second kappa shape index (κ2) is 67.9. The number of unbranched alkanes of at least 4 members (excludes halogenated alkanes) is 6. The topological polar surface area (TPSA) is 434 Å². The summed E-state index contributed by atoms with van der Waals surface area (Å²) < 4.78 is 48.5. The van der Waals surface area contributed by atoms with E-state index in [1.807, 2.05) is 0 Å². The lowest BCUT2D eigenvalue weighted by molar-refractivity contribution is -0.144. The summed E-state index contributed by atoms with van der Waals surface area (Å²) in [7, 11) is 2.43. The van der Waals surface area contributed by atoms with Crippen LogP contribution in [0.25, 0.3) is 0 Å². The molecular weight excluding hydrogens is 1220 g/mol. The minimum atomic E-state index is -1.19. The predicted molar refractivity (Wildman–Crippen MR) is 345 cm³/mol. The van der Waals surface area contributed by atoms with Crippen molar-refractivity contribution in [3.05, 3.63) is 50.6 Å². The molecular formula is C60H112N8O24. The van der Waals surface area contributed by atoms with Crippen molar-refractivity contribution in [2.24, 2.45) is 0 Å². The first kappa shape index (κ1) is 99.2. The summed E-state index contributed by atoms with van der Waals surface area (Å²) in [6, 6.07) is -3.97. The highest BCUT2D eigenvalue weighted by Gasteiger charge is 2.24. The lowest BCUT2D eigenvalue weighted by Crippen LogP contribution is -2.41. The van der Waals surface area contributed by atoms with Crippen molar-refractivity contribution < 1.29 is 115 Å². The van der Waals surface area contributed by atoms with Gasteiger partial charge in [-0.2, -0.15) is 0 Å². The number of ether oxygens (including phenoxy) is 10. The Hall–Kier alpha value is -9.00. The number of amides is 8. The van der Waals surface area contributed by atoms with Crippen LogP contribution >= 0.6 is 0 Å². The summed E-state index contributed by atoms with van der Waals surface area (Å²) in [5, 5.41) is 37.9. The average molecular weight is 1330 g/mol. The third kappa shape index (κ3) is 59.9. The minimum absolute atomic E-state index is 0. The van der Waals surface area contributed by atoms with E-state index in [0.29, 0.717) is 103 Å². The zero-order chi connectivity index (χ0) is 64.6. The van der Waals surface area contributed by atoms with Crippen molar-refractivity contribution in [1.29, 1.82) is 0 Å². The molecule has 10 N–H and O–H groups in total. The molecule has 0 aromatic carbocycles. The zero-order valence-corrected chi connectivity index (χ0v) is 49.1. The number of rotatable bonds is 46. The maximum absolute atomic E-state index is 11.8. The molecule has 0 heterocycles. The van der Waals surface area contributed by atoms with Crippen molar-refractivity contribution in [1.82, 2.24) is 42.5 Å². The Morgan fingerprint density at radius 1 is 0.315 bits per heavy atom. The Bertz CT molecular complexity index is 1940. The molecule has 0 fully saturated rings. The SMILES string of the molecule is C.C.C.C.C.C.C=CCOC(=O)NC(CCCCNC(=O)OCCCCOC(=O)NCCCCC(NC(=O)OCC=C)C(=O)O)C(=O)O.C=CCOC(=O)NC(CCCCNC(=O)OCCCCOC(=O)NCCCCC(NC(=O)OCC=C)C(=O)OC)C(=O)OC. The number of carbonyl (C=O) groups excluding carboxylic acids is 10. The largest absolute Gasteiger partial charge is 0.480 e. The molecule has 32 heteroatoms. The van der Waals surface area contributed by atoms with Crippen LogP contribution in [0.15, 0.2) is 50.6 Å². The fourth-order valence-electron chi connectivity index (χ4n) is 6.50. The van der Waals surface area contributed by atoms with Crippen LogP contribution < -0.4 is 42.5 Å². The smallest absolute Gasteiger partial charge is 0.408 e. The molecule has 4 atom stereocenters. The van der Waals surface area contributed by atoms with Crippen LogP contribution in [0.5, 0.6) is 0 Å². The van der Waals surface area contributed by atoms with Crippen LogP contribution in [0.4, 0.5) is 38.4 Å². The van der Waals surface area contributed by atoms with E-state index in [1.54, 1.807) is 0 Å². The van der Waals surface area contributed by atoms with Gasteiger partial charge in [0.2, 0.25) is 0 Å². The first-order valence-corrected chi connectivity index (χ1v) is 27.7. The maximum atomic E-state index is 11.8. The quantitative estimate of drug-likeness (QED) is 0.0118. The Kier molecular flexibility index (Phi) is 73.2. The molecule has 0 aliphatic rings. The molecule has 32 nitrogen and oxygen atoms in total. The van der Waals surface area contributed by atoms with Gasteiger partial charge in [0.1, 0.15) is 50.6 Å². The van der Waals surface area contributed by atoms with E-state index >= 15 is 0 Å². The normalized spacial score (nSPS) is 10.7. The molecule has 0 bridgehead atoms. The van der Waals surface area contributed by atoms with Crippen LogP contribution in [0.1, 0.15) is 147 Å². The number of carbonyl (C=O) groups is 12. The molecule has 0 saturated carbocycles. The number of carboxylic acid groups (broad SMARTS) is 2. The number of methoxy groups -OCH3 is 2. The van der Waals surface area contributed by atoms with Crippen LogP contribution in [0.3, 0.4) is 0 Å². The molecule has 4 unspecified atom stereocenters. The third-order valence-electron chi connectivity index (χ3n) is 10.8. The van der Waals surface area contributed by atoms with Gasteiger partial charge in [-0.1, -0.05) is 95.2 Å². The summed E-state index contributed by atoms with van der Waals surface area (Å²) >= 11 is 0. The van der Waals surface area contributed by atoms with E-state index in [1.165, 1.54) is 38.5 Å². The lowest BCUT2D eigenvalue weighted by atomic mass is 10.1. The summed E-state index contributed by atoms with van der Waals surface area (Å²) in [6.45, 7) is 15.2. The molecule has 0 saturated heterocycles. The summed E-state index contributed by atoms with van der Waals surface area (Å²) in [5.74, 6) is -3.59. The van der Waals surface area contributed by atoms with Gasteiger partial charge in [0.15, 0.2) is 0 Å². The first-order chi connectivity index (χ1) is 41.3. The van der Waals surface area contributed by atoms with Crippen LogP contribution in [-0.4, -0.2) is 200 Å². The summed E-state index contributed by atoms with van der Waals surface area (Å²) in [6.07, 6.45) is 6.44. The second-order valence-corrected chi connectivity index (χ2v) is 17.7.